The highest BCUT2D eigenvalue weighted by atomic mass is 35.5. The summed E-state index contributed by atoms with van der Waals surface area (Å²) in [6, 6.07) is 13.0. The molecule has 1 amide bonds. The summed E-state index contributed by atoms with van der Waals surface area (Å²) >= 11 is 6.12. The molecule has 1 unspecified atom stereocenters. The molecule has 22 heavy (non-hydrogen) atoms. The number of carboxylic acid groups (broad SMARTS) is 1. The van der Waals surface area contributed by atoms with Crippen molar-refractivity contribution in [1.82, 2.24) is 4.90 Å². The molecule has 3 nitrogen and oxygen atoms in total. The quantitative estimate of drug-likeness (QED) is 0.879. The summed E-state index contributed by atoms with van der Waals surface area (Å²) in [5.41, 5.74) is 2.11. The zero-order chi connectivity index (χ0) is 15.7. The molecule has 0 fully saturated rings. The molecule has 2 aromatic rings. The molecule has 1 aliphatic rings. The molecule has 2 aromatic carbocycles. The second kappa shape index (κ2) is 5.81. The van der Waals surface area contributed by atoms with E-state index in [-0.39, 0.29) is 6.54 Å². The number of benzene rings is 2. The highest BCUT2D eigenvalue weighted by molar-refractivity contribution is 6.32. The first kappa shape index (κ1) is 14.6. The van der Waals surface area contributed by atoms with Gasteiger partial charge in [0, 0.05) is 10.6 Å². The number of hydrogen-bond acceptors (Lipinski definition) is 1. The van der Waals surface area contributed by atoms with E-state index in [0.29, 0.717) is 16.2 Å². The van der Waals surface area contributed by atoms with E-state index in [1.54, 1.807) is 0 Å². The number of carbonyl (C=O) groups is 1. The molecule has 1 aliphatic heterocycles. The van der Waals surface area contributed by atoms with Crippen LogP contribution in [0.3, 0.4) is 0 Å². The fourth-order valence-electron chi connectivity index (χ4n) is 2.65. The minimum Gasteiger partial charge on any atom is -0.465 e. The van der Waals surface area contributed by atoms with Gasteiger partial charge in [-0.05, 0) is 29.3 Å². The van der Waals surface area contributed by atoms with Crippen molar-refractivity contribution < 1.29 is 14.3 Å². The van der Waals surface area contributed by atoms with Crippen molar-refractivity contribution in [2.45, 2.75) is 6.04 Å². The summed E-state index contributed by atoms with van der Waals surface area (Å²) in [4.78, 5) is 12.8. The fraction of sp³-hybridized carbons (Fsp3) is 0.118. The van der Waals surface area contributed by atoms with E-state index in [4.69, 9.17) is 11.6 Å². The van der Waals surface area contributed by atoms with E-state index in [1.165, 1.54) is 23.1 Å². The van der Waals surface area contributed by atoms with Crippen LogP contribution >= 0.6 is 11.6 Å². The summed E-state index contributed by atoms with van der Waals surface area (Å²) in [7, 11) is 0. The van der Waals surface area contributed by atoms with Crippen molar-refractivity contribution in [1.29, 1.82) is 0 Å². The van der Waals surface area contributed by atoms with Gasteiger partial charge in [0.15, 0.2) is 0 Å². The van der Waals surface area contributed by atoms with Crippen LogP contribution in [-0.4, -0.2) is 22.6 Å². The third kappa shape index (κ3) is 2.70. The van der Waals surface area contributed by atoms with E-state index in [1.807, 2.05) is 36.4 Å². The van der Waals surface area contributed by atoms with E-state index in [0.717, 1.165) is 5.56 Å². The summed E-state index contributed by atoms with van der Waals surface area (Å²) < 4.78 is 13.5. The van der Waals surface area contributed by atoms with E-state index < -0.39 is 18.0 Å². The molecule has 3 rings (SSSR count). The summed E-state index contributed by atoms with van der Waals surface area (Å²) in [6.07, 6.45) is 0.803. The fourth-order valence-corrected chi connectivity index (χ4v) is 2.89. The number of amides is 1. The largest absolute Gasteiger partial charge is 0.465 e. The predicted octanol–water partition coefficient (Wildman–Crippen LogP) is 4.60. The highest BCUT2D eigenvalue weighted by Gasteiger charge is 2.31. The Bertz CT molecular complexity index is 746. The Morgan fingerprint density at radius 2 is 1.95 bits per heavy atom. The standard InChI is InChI=1S/C17H13ClFNO2/c18-15-7-6-13(19)9-14(15)12-8-16(20(10-12)17(21)22)11-4-2-1-3-5-11/h1-9,16H,10H2,(H,21,22). The molecule has 0 aromatic heterocycles. The molecule has 0 aliphatic carbocycles. The van der Waals surface area contributed by atoms with Gasteiger partial charge in [-0.3, -0.25) is 4.90 Å². The maximum absolute atomic E-state index is 13.5. The zero-order valence-electron chi connectivity index (χ0n) is 11.5. The highest BCUT2D eigenvalue weighted by Crippen LogP contribution is 2.37. The van der Waals surface area contributed by atoms with Crippen LogP contribution in [0.2, 0.25) is 5.02 Å². The van der Waals surface area contributed by atoms with Gasteiger partial charge in [-0.15, -0.1) is 0 Å². The van der Waals surface area contributed by atoms with Crippen molar-refractivity contribution >= 4 is 23.3 Å². The normalized spacial score (nSPS) is 17.5. The molecule has 0 bridgehead atoms. The van der Waals surface area contributed by atoms with Gasteiger partial charge < -0.3 is 5.11 Å². The Labute approximate surface area is 132 Å². The Balaban J connectivity index is 2.03. The molecule has 1 atom stereocenters. The topological polar surface area (TPSA) is 40.5 Å². The van der Waals surface area contributed by atoms with Crippen LogP contribution < -0.4 is 0 Å². The van der Waals surface area contributed by atoms with Crippen molar-refractivity contribution in [3.05, 3.63) is 76.6 Å². The van der Waals surface area contributed by atoms with Crippen LogP contribution in [0, 0.1) is 5.82 Å². The number of hydrogen-bond donors (Lipinski definition) is 1. The van der Waals surface area contributed by atoms with Crippen LogP contribution in [0.5, 0.6) is 0 Å². The molecule has 112 valence electrons. The monoisotopic (exact) mass is 317 g/mol. The van der Waals surface area contributed by atoms with Crippen molar-refractivity contribution in [2.75, 3.05) is 6.54 Å². The van der Waals surface area contributed by atoms with Gasteiger partial charge in [-0.1, -0.05) is 48.0 Å². The Hall–Kier alpha value is -2.33. The maximum Gasteiger partial charge on any atom is 0.408 e. The van der Waals surface area contributed by atoms with Crippen LogP contribution in [0.25, 0.3) is 5.57 Å². The molecule has 0 saturated carbocycles. The van der Waals surface area contributed by atoms with E-state index in [2.05, 4.69) is 0 Å². The second-order valence-corrected chi connectivity index (χ2v) is 5.49. The lowest BCUT2D eigenvalue weighted by Gasteiger charge is -2.21. The molecule has 0 spiro atoms. The molecular weight excluding hydrogens is 305 g/mol. The number of nitrogens with zero attached hydrogens (tertiary/aromatic N) is 1. The third-order valence-electron chi connectivity index (χ3n) is 3.70. The SMILES string of the molecule is O=C(O)N1CC(c2cc(F)ccc2Cl)=CC1c1ccccc1. The van der Waals surface area contributed by atoms with Crippen LogP contribution in [-0.2, 0) is 0 Å². The average Bonchev–Trinajstić information content (AvgIpc) is 2.96. The third-order valence-corrected chi connectivity index (χ3v) is 4.03. The Morgan fingerprint density at radius 3 is 2.64 bits per heavy atom. The minimum absolute atomic E-state index is 0.179. The first-order valence-corrected chi connectivity index (χ1v) is 7.14. The lowest BCUT2D eigenvalue weighted by molar-refractivity contribution is 0.144. The van der Waals surface area contributed by atoms with E-state index in [9.17, 15) is 14.3 Å². The van der Waals surface area contributed by atoms with Gasteiger partial charge in [0.05, 0.1) is 12.6 Å². The lowest BCUT2D eigenvalue weighted by atomic mass is 10.0. The molecule has 0 radical (unpaired) electrons. The first-order valence-electron chi connectivity index (χ1n) is 6.77. The van der Waals surface area contributed by atoms with Gasteiger partial charge >= 0.3 is 6.09 Å². The van der Waals surface area contributed by atoms with Gasteiger partial charge in [-0.2, -0.15) is 0 Å². The smallest absolute Gasteiger partial charge is 0.408 e. The second-order valence-electron chi connectivity index (χ2n) is 5.08. The minimum atomic E-state index is -1.02. The molecule has 1 N–H and O–H groups in total. The van der Waals surface area contributed by atoms with Gasteiger partial charge in [0.1, 0.15) is 5.82 Å². The number of rotatable bonds is 2. The molecule has 0 saturated heterocycles. The van der Waals surface area contributed by atoms with Crippen LogP contribution in [0.15, 0.2) is 54.6 Å². The Morgan fingerprint density at radius 1 is 1.23 bits per heavy atom. The van der Waals surface area contributed by atoms with Crippen LogP contribution in [0.1, 0.15) is 17.2 Å². The average molecular weight is 318 g/mol. The molecule has 5 heteroatoms. The lowest BCUT2D eigenvalue weighted by Crippen LogP contribution is -2.29. The number of halogens is 2. The van der Waals surface area contributed by atoms with Gasteiger partial charge in [0.2, 0.25) is 0 Å². The molecule has 1 heterocycles. The summed E-state index contributed by atoms with van der Waals surface area (Å²) in [5, 5.41) is 9.83. The van der Waals surface area contributed by atoms with Crippen molar-refractivity contribution in [3.63, 3.8) is 0 Å². The van der Waals surface area contributed by atoms with Crippen LogP contribution in [0.4, 0.5) is 9.18 Å². The first-order chi connectivity index (χ1) is 10.6. The van der Waals surface area contributed by atoms with E-state index >= 15 is 0 Å². The molecular formula is C17H13ClFNO2. The zero-order valence-corrected chi connectivity index (χ0v) is 12.3. The van der Waals surface area contributed by atoms with Crippen molar-refractivity contribution in [3.8, 4) is 0 Å². The van der Waals surface area contributed by atoms with Gasteiger partial charge in [0.25, 0.3) is 0 Å². The van der Waals surface area contributed by atoms with Gasteiger partial charge in [-0.25, -0.2) is 9.18 Å². The Kier molecular flexibility index (Phi) is 3.86. The summed E-state index contributed by atoms with van der Waals surface area (Å²) in [5.74, 6) is -0.398. The maximum atomic E-state index is 13.5. The van der Waals surface area contributed by atoms with Crippen molar-refractivity contribution in [2.24, 2.45) is 0 Å². The predicted molar refractivity (Wildman–Crippen MR) is 83.3 cm³/mol. The summed E-state index contributed by atoms with van der Waals surface area (Å²) in [6.45, 7) is 0.179.